The number of halogens is 1. The van der Waals surface area contributed by atoms with Crippen LogP contribution in [0.4, 0.5) is 0 Å². The fourth-order valence-corrected chi connectivity index (χ4v) is 2.49. The Labute approximate surface area is 136 Å². The van der Waals surface area contributed by atoms with Gasteiger partial charge in [-0.1, -0.05) is 28.9 Å². The van der Waals surface area contributed by atoms with Gasteiger partial charge in [0, 0.05) is 23.5 Å². The normalized spacial score (nSPS) is 10.5. The molecule has 22 heavy (non-hydrogen) atoms. The number of carboxylic acid groups (broad SMARTS) is 1. The van der Waals surface area contributed by atoms with E-state index in [0.717, 1.165) is 15.6 Å². The SMILES string of the molecule is CCc1oc(C(=O)NCc2cc(Br)ccc2C)cc1C(=O)O. The smallest absolute Gasteiger partial charge is 0.339 e. The summed E-state index contributed by atoms with van der Waals surface area (Å²) in [4.78, 5) is 23.2. The van der Waals surface area contributed by atoms with Gasteiger partial charge in [-0.05, 0) is 30.2 Å². The molecule has 116 valence electrons. The molecule has 0 aliphatic carbocycles. The van der Waals surface area contributed by atoms with Gasteiger partial charge in [0.1, 0.15) is 11.3 Å². The van der Waals surface area contributed by atoms with Gasteiger partial charge >= 0.3 is 5.97 Å². The van der Waals surface area contributed by atoms with Crippen molar-refractivity contribution < 1.29 is 19.1 Å². The van der Waals surface area contributed by atoms with E-state index in [1.54, 1.807) is 6.92 Å². The van der Waals surface area contributed by atoms with E-state index < -0.39 is 11.9 Å². The molecule has 2 N–H and O–H groups in total. The van der Waals surface area contributed by atoms with Crippen molar-refractivity contribution in [2.24, 2.45) is 0 Å². The number of hydrogen-bond donors (Lipinski definition) is 2. The van der Waals surface area contributed by atoms with Crippen LogP contribution in [0.15, 0.2) is 33.2 Å². The second-order valence-electron chi connectivity index (χ2n) is 4.86. The summed E-state index contributed by atoms with van der Waals surface area (Å²) < 4.78 is 6.26. The van der Waals surface area contributed by atoms with Gasteiger partial charge in [-0.25, -0.2) is 4.79 Å². The molecule has 2 rings (SSSR count). The quantitative estimate of drug-likeness (QED) is 0.848. The van der Waals surface area contributed by atoms with Crippen LogP contribution in [0.2, 0.25) is 0 Å². The molecule has 1 heterocycles. The lowest BCUT2D eigenvalue weighted by Gasteiger charge is -2.07. The first-order valence-electron chi connectivity index (χ1n) is 6.81. The fraction of sp³-hybridized carbons (Fsp3) is 0.250. The Morgan fingerprint density at radius 2 is 2.05 bits per heavy atom. The third-order valence-corrected chi connectivity index (χ3v) is 3.83. The third-order valence-electron chi connectivity index (χ3n) is 3.33. The van der Waals surface area contributed by atoms with Crippen molar-refractivity contribution >= 4 is 27.8 Å². The average molecular weight is 366 g/mol. The standard InChI is InChI=1S/C16H16BrNO4/c1-3-13-12(16(20)21)7-14(22-13)15(19)18-8-10-6-11(17)5-4-9(10)2/h4-7H,3,8H2,1-2H3,(H,18,19)(H,20,21). The van der Waals surface area contributed by atoms with Crippen LogP contribution in [-0.2, 0) is 13.0 Å². The molecule has 0 saturated heterocycles. The number of carbonyl (C=O) groups excluding carboxylic acids is 1. The Kier molecular flexibility index (Phi) is 5.03. The minimum Gasteiger partial charge on any atom is -0.478 e. The summed E-state index contributed by atoms with van der Waals surface area (Å²) in [6.07, 6.45) is 0.416. The number of hydrogen-bond acceptors (Lipinski definition) is 3. The summed E-state index contributed by atoms with van der Waals surface area (Å²) in [5.41, 5.74) is 2.07. The predicted molar refractivity (Wildman–Crippen MR) is 85.1 cm³/mol. The van der Waals surface area contributed by atoms with Crippen LogP contribution in [0, 0.1) is 6.92 Å². The molecule has 0 saturated carbocycles. The van der Waals surface area contributed by atoms with Crippen molar-refractivity contribution in [3.8, 4) is 0 Å². The van der Waals surface area contributed by atoms with Gasteiger partial charge in [-0.2, -0.15) is 0 Å². The molecule has 0 aliphatic rings. The zero-order valence-corrected chi connectivity index (χ0v) is 13.9. The number of nitrogens with one attached hydrogen (secondary N) is 1. The first-order chi connectivity index (χ1) is 10.4. The molecule has 0 radical (unpaired) electrons. The Morgan fingerprint density at radius 3 is 2.64 bits per heavy atom. The molecular formula is C16H16BrNO4. The Hall–Kier alpha value is -2.08. The lowest BCUT2D eigenvalue weighted by Crippen LogP contribution is -2.22. The largest absolute Gasteiger partial charge is 0.478 e. The molecule has 0 bridgehead atoms. The van der Waals surface area contributed by atoms with E-state index in [9.17, 15) is 9.59 Å². The van der Waals surface area contributed by atoms with Crippen LogP contribution in [-0.4, -0.2) is 17.0 Å². The van der Waals surface area contributed by atoms with Crippen molar-refractivity contribution in [1.82, 2.24) is 5.32 Å². The zero-order chi connectivity index (χ0) is 16.3. The molecule has 1 aromatic carbocycles. The topological polar surface area (TPSA) is 79.5 Å². The number of aromatic carboxylic acids is 1. The summed E-state index contributed by atoms with van der Waals surface area (Å²) in [6, 6.07) is 7.08. The van der Waals surface area contributed by atoms with Crippen molar-refractivity contribution in [1.29, 1.82) is 0 Å². The number of amides is 1. The summed E-state index contributed by atoms with van der Waals surface area (Å²) in [6.45, 7) is 4.07. The number of benzene rings is 1. The molecular weight excluding hydrogens is 350 g/mol. The van der Waals surface area contributed by atoms with Crippen LogP contribution in [0.5, 0.6) is 0 Å². The minimum absolute atomic E-state index is 0.0156. The van der Waals surface area contributed by atoms with E-state index in [2.05, 4.69) is 21.2 Å². The number of rotatable bonds is 5. The van der Waals surface area contributed by atoms with Gasteiger partial charge in [-0.15, -0.1) is 0 Å². The Bertz CT molecular complexity index is 721. The van der Waals surface area contributed by atoms with Crippen LogP contribution >= 0.6 is 15.9 Å². The van der Waals surface area contributed by atoms with Crippen LogP contribution in [0.25, 0.3) is 0 Å². The summed E-state index contributed by atoms with van der Waals surface area (Å²) in [5, 5.41) is 11.8. The second-order valence-corrected chi connectivity index (χ2v) is 5.78. The zero-order valence-electron chi connectivity index (χ0n) is 12.3. The van der Waals surface area contributed by atoms with E-state index in [-0.39, 0.29) is 11.3 Å². The fourth-order valence-electron chi connectivity index (χ4n) is 2.08. The molecule has 0 fully saturated rings. The highest BCUT2D eigenvalue weighted by Crippen LogP contribution is 2.18. The van der Waals surface area contributed by atoms with E-state index >= 15 is 0 Å². The van der Waals surface area contributed by atoms with Crippen LogP contribution in [0.3, 0.4) is 0 Å². The lowest BCUT2D eigenvalue weighted by atomic mass is 10.1. The van der Waals surface area contributed by atoms with Crippen molar-refractivity contribution in [2.45, 2.75) is 26.8 Å². The highest BCUT2D eigenvalue weighted by Gasteiger charge is 2.19. The monoisotopic (exact) mass is 365 g/mol. The number of furan rings is 1. The Balaban J connectivity index is 2.12. The third kappa shape index (κ3) is 3.57. The first-order valence-corrected chi connectivity index (χ1v) is 7.61. The van der Waals surface area contributed by atoms with E-state index in [0.29, 0.717) is 18.7 Å². The lowest BCUT2D eigenvalue weighted by molar-refractivity contribution is 0.0694. The molecule has 2 aromatic rings. The van der Waals surface area contributed by atoms with Crippen molar-refractivity contribution in [3.05, 3.63) is 56.9 Å². The average Bonchev–Trinajstić information content (AvgIpc) is 2.92. The van der Waals surface area contributed by atoms with Gasteiger partial charge < -0.3 is 14.8 Å². The summed E-state index contributed by atoms with van der Waals surface area (Å²) in [5.74, 6) is -1.21. The maximum Gasteiger partial charge on any atom is 0.339 e. The Morgan fingerprint density at radius 1 is 1.32 bits per heavy atom. The minimum atomic E-state index is -1.09. The van der Waals surface area contributed by atoms with Gasteiger partial charge in [0.2, 0.25) is 0 Å². The molecule has 6 heteroatoms. The van der Waals surface area contributed by atoms with E-state index in [1.807, 2.05) is 25.1 Å². The van der Waals surface area contributed by atoms with E-state index in [4.69, 9.17) is 9.52 Å². The molecule has 0 spiro atoms. The molecule has 0 atom stereocenters. The van der Waals surface area contributed by atoms with Gasteiger partial charge in [0.25, 0.3) is 5.91 Å². The number of carboxylic acids is 1. The summed E-state index contributed by atoms with van der Waals surface area (Å²) >= 11 is 3.39. The summed E-state index contributed by atoms with van der Waals surface area (Å²) in [7, 11) is 0. The van der Waals surface area contributed by atoms with Crippen LogP contribution < -0.4 is 5.32 Å². The van der Waals surface area contributed by atoms with Crippen molar-refractivity contribution in [2.75, 3.05) is 0 Å². The number of aryl methyl sites for hydroxylation is 2. The maximum atomic E-state index is 12.1. The molecule has 0 aliphatic heterocycles. The molecule has 0 unspecified atom stereocenters. The predicted octanol–water partition coefficient (Wildman–Crippen LogP) is 3.54. The highest BCUT2D eigenvalue weighted by atomic mass is 79.9. The van der Waals surface area contributed by atoms with E-state index in [1.165, 1.54) is 6.07 Å². The highest BCUT2D eigenvalue weighted by molar-refractivity contribution is 9.10. The molecule has 1 aromatic heterocycles. The first kappa shape index (κ1) is 16.3. The van der Waals surface area contributed by atoms with Gasteiger partial charge in [-0.3, -0.25) is 4.79 Å². The van der Waals surface area contributed by atoms with Gasteiger partial charge in [0.05, 0.1) is 0 Å². The second kappa shape index (κ2) is 6.79. The van der Waals surface area contributed by atoms with Crippen molar-refractivity contribution in [3.63, 3.8) is 0 Å². The maximum absolute atomic E-state index is 12.1. The van der Waals surface area contributed by atoms with Crippen LogP contribution in [0.1, 0.15) is 44.7 Å². The molecule has 1 amide bonds. The van der Waals surface area contributed by atoms with Gasteiger partial charge in [0.15, 0.2) is 5.76 Å². The number of carbonyl (C=O) groups is 2. The molecule has 5 nitrogen and oxygen atoms in total.